The van der Waals surface area contributed by atoms with E-state index in [1.807, 2.05) is 7.05 Å². The average molecular weight is 382 g/mol. The molecule has 0 rings (SSSR count). The molecule has 5 nitrogen and oxygen atoms in total. The summed E-state index contributed by atoms with van der Waals surface area (Å²) in [4.78, 5) is 0. The van der Waals surface area contributed by atoms with Gasteiger partial charge in [-0.05, 0) is 20.0 Å². The van der Waals surface area contributed by atoms with E-state index in [4.69, 9.17) is 17.5 Å². The first kappa shape index (κ1) is 27.1. The van der Waals surface area contributed by atoms with Crippen molar-refractivity contribution in [2.45, 2.75) is 110 Å². The fourth-order valence-electron chi connectivity index (χ4n) is 2.85. The fourth-order valence-corrected chi connectivity index (χ4v) is 2.85. The maximum absolute atomic E-state index is 8.74. The van der Waals surface area contributed by atoms with Gasteiger partial charge in [0, 0.05) is 0 Å². The van der Waals surface area contributed by atoms with Gasteiger partial charge in [0.2, 0.25) is 0 Å². The van der Waals surface area contributed by atoms with Gasteiger partial charge in [-0.3, -0.25) is 9.11 Å². The molecule has 6 heteroatoms. The normalized spacial score (nSPS) is 11.2. The van der Waals surface area contributed by atoms with E-state index in [1.54, 1.807) is 0 Å². The first-order valence-corrected chi connectivity index (χ1v) is 11.7. The van der Waals surface area contributed by atoms with Crippen LogP contribution in [-0.4, -0.2) is 31.1 Å². The highest BCUT2D eigenvalue weighted by Gasteiger charge is 1.94. The molecule has 0 aliphatic rings. The summed E-state index contributed by atoms with van der Waals surface area (Å²) in [6, 6.07) is 0. The van der Waals surface area contributed by atoms with Crippen LogP contribution in [0.1, 0.15) is 110 Å². The van der Waals surface area contributed by atoms with Crippen molar-refractivity contribution in [3.63, 3.8) is 0 Å². The molecule has 3 N–H and O–H groups in total. The summed E-state index contributed by atoms with van der Waals surface area (Å²) in [5.74, 6) is 0. The number of rotatable bonds is 17. The lowest BCUT2D eigenvalue weighted by atomic mass is 10.0. The first-order chi connectivity index (χ1) is 11.9. The Bertz CT molecular complexity index is 308. The molecule has 0 saturated heterocycles. The lowest BCUT2D eigenvalue weighted by Gasteiger charge is -2.03. The zero-order valence-corrected chi connectivity index (χ0v) is 17.5. The molecule has 0 aromatic rings. The molecular formula is C19H43NO4S. The van der Waals surface area contributed by atoms with E-state index in [1.165, 1.54) is 109 Å². The molecule has 0 aliphatic heterocycles. The van der Waals surface area contributed by atoms with Gasteiger partial charge in [0.05, 0.1) is 0 Å². The summed E-state index contributed by atoms with van der Waals surface area (Å²) in [7, 11) is -2.62. The Hall–Kier alpha value is -0.170. The van der Waals surface area contributed by atoms with Crippen molar-refractivity contribution in [2.24, 2.45) is 0 Å². The first-order valence-electron chi connectivity index (χ1n) is 10.3. The van der Waals surface area contributed by atoms with Gasteiger partial charge in [-0.1, -0.05) is 103 Å². The zero-order chi connectivity index (χ0) is 19.2. The van der Waals surface area contributed by atoms with Crippen molar-refractivity contribution < 1.29 is 17.5 Å². The maximum Gasteiger partial charge on any atom is 0.394 e. The van der Waals surface area contributed by atoms with Crippen LogP contribution in [0, 0.1) is 0 Å². The standard InChI is InChI=1S/C19H41N.H2O4S/c1-3-4-5-6-7-8-9-10-11-12-13-14-15-16-17-18-19-20-2;1-5(2,3)4/h20H,3-19H2,1-2H3;(H2,1,2,3,4). The predicted molar refractivity (Wildman–Crippen MR) is 108 cm³/mol. The largest absolute Gasteiger partial charge is 0.394 e. The van der Waals surface area contributed by atoms with E-state index in [2.05, 4.69) is 12.2 Å². The Labute approximate surface area is 156 Å². The van der Waals surface area contributed by atoms with Crippen LogP contribution in [0.25, 0.3) is 0 Å². The number of unbranched alkanes of at least 4 members (excludes halogenated alkanes) is 15. The van der Waals surface area contributed by atoms with Crippen LogP contribution in [0.5, 0.6) is 0 Å². The van der Waals surface area contributed by atoms with Gasteiger partial charge in [0.15, 0.2) is 0 Å². The van der Waals surface area contributed by atoms with Crippen LogP contribution < -0.4 is 5.32 Å². The monoisotopic (exact) mass is 381 g/mol. The highest BCUT2D eigenvalue weighted by atomic mass is 32.3. The summed E-state index contributed by atoms with van der Waals surface area (Å²) in [5, 5.41) is 3.22. The second-order valence-electron chi connectivity index (χ2n) is 6.85. The second kappa shape index (κ2) is 21.9. The SMILES string of the molecule is CCCCCCCCCCCCCCCCCCNC.O=S(=O)(O)O. The third kappa shape index (κ3) is 40.1. The molecule has 0 heterocycles. The predicted octanol–water partition coefficient (Wildman–Crippen LogP) is 5.81. The zero-order valence-electron chi connectivity index (χ0n) is 16.6. The van der Waals surface area contributed by atoms with Crippen molar-refractivity contribution in [1.82, 2.24) is 5.32 Å². The van der Waals surface area contributed by atoms with Gasteiger partial charge in [0.1, 0.15) is 0 Å². The van der Waals surface area contributed by atoms with Crippen LogP contribution >= 0.6 is 0 Å². The highest BCUT2D eigenvalue weighted by molar-refractivity contribution is 7.79. The van der Waals surface area contributed by atoms with E-state index < -0.39 is 10.4 Å². The van der Waals surface area contributed by atoms with Crippen molar-refractivity contribution in [2.75, 3.05) is 13.6 Å². The molecule has 0 bridgehead atoms. The molecule has 0 fully saturated rings. The van der Waals surface area contributed by atoms with Gasteiger partial charge < -0.3 is 5.32 Å². The molecule has 0 spiro atoms. The Morgan fingerprint density at radius 2 is 0.840 bits per heavy atom. The summed E-state index contributed by atoms with van der Waals surface area (Å²) in [5.41, 5.74) is 0. The molecule has 25 heavy (non-hydrogen) atoms. The van der Waals surface area contributed by atoms with Crippen molar-refractivity contribution in [3.8, 4) is 0 Å². The molecule has 154 valence electrons. The van der Waals surface area contributed by atoms with Crippen LogP contribution in [0.15, 0.2) is 0 Å². The number of nitrogens with one attached hydrogen (secondary N) is 1. The van der Waals surface area contributed by atoms with Crippen LogP contribution in [0.3, 0.4) is 0 Å². The summed E-state index contributed by atoms with van der Waals surface area (Å²) >= 11 is 0. The minimum atomic E-state index is -4.67. The molecule has 0 amide bonds. The van der Waals surface area contributed by atoms with Crippen molar-refractivity contribution in [1.29, 1.82) is 0 Å². The molecular weight excluding hydrogens is 338 g/mol. The van der Waals surface area contributed by atoms with E-state index >= 15 is 0 Å². The molecule has 0 radical (unpaired) electrons. The molecule has 0 atom stereocenters. The molecule has 0 aromatic carbocycles. The van der Waals surface area contributed by atoms with Crippen LogP contribution in [0.2, 0.25) is 0 Å². The number of hydrogen-bond donors (Lipinski definition) is 3. The Balaban J connectivity index is 0. The van der Waals surface area contributed by atoms with E-state index in [-0.39, 0.29) is 0 Å². The fraction of sp³-hybridized carbons (Fsp3) is 1.00. The van der Waals surface area contributed by atoms with Gasteiger partial charge in [-0.15, -0.1) is 0 Å². The van der Waals surface area contributed by atoms with Crippen LogP contribution in [-0.2, 0) is 10.4 Å². The molecule has 0 aromatic heterocycles. The molecule has 0 saturated carbocycles. The second-order valence-corrected chi connectivity index (χ2v) is 7.75. The third-order valence-electron chi connectivity index (χ3n) is 4.28. The van der Waals surface area contributed by atoms with Gasteiger partial charge in [-0.2, -0.15) is 8.42 Å². The topological polar surface area (TPSA) is 86.6 Å². The van der Waals surface area contributed by atoms with E-state index in [0.29, 0.717) is 0 Å². The van der Waals surface area contributed by atoms with Crippen molar-refractivity contribution >= 4 is 10.4 Å². The van der Waals surface area contributed by atoms with E-state index in [0.717, 1.165) is 0 Å². The maximum atomic E-state index is 8.74. The smallest absolute Gasteiger partial charge is 0.320 e. The quantitative estimate of drug-likeness (QED) is 0.218. The third-order valence-corrected chi connectivity index (χ3v) is 4.28. The highest BCUT2D eigenvalue weighted by Crippen LogP contribution is 2.13. The van der Waals surface area contributed by atoms with E-state index in [9.17, 15) is 0 Å². The minimum absolute atomic E-state index is 1.19. The molecule has 0 unspecified atom stereocenters. The average Bonchev–Trinajstić information content (AvgIpc) is 2.53. The summed E-state index contributed by atoms with van der Waals surface area (Å²) in [6.45, 7) is 3.49. The summed E-state index contributed by atoms with van der Waals surface area (Å²) < 4.78 is 31.6. The number of hydrogen-bond acceptors (Lipinski definition) is 3. The molecule has 0 aliphatic carbocycles. The minimum Gasteiger partial charge on any atom is -0.320 e. The van der Waals surface area contributed by atoms with Crippen molar-refractivity contribution in [3.05, 3.63) is 0 Å². The Morgan fingerprint density at radius 1 is 0.600 bits per heavy atom. The van der Waals surface area contributed by atoms with Gasteiger partial charge in [0.25, 0.3) is 0 Å². The Kier molecular flexibility index (Phi) is 23.7. The lowest BCUT2D eigenvalue weighted by Crippen LogP contribution is -2.06. The summed E-state index contributed by atoms with van der Waals surface area (Å²) in [6.07, 6.45) is 23.2. The van der Waals surface area contributed by atoms with Gasteiger partial charge >= 0.3 is 10.4 Å². The van der Waals surface area contributed by atoms with Crippen LogP contribution in [0.4, 0.5) is 0 Å². The Morgan fingerprint density at radius 3 is 1.08 bits per heavy atom. The lowest BCUT2D eigenvalue weighted by molar-refractivity contribution is 0.381. The van der Waals surface area contributed by atoms with Gasteiger partial charge in [-0.25, -0.2) is 0 Å².